The number of hydrogen-bond donors (Lipinski definition) is 2. The van der Waals surface area contributed by atoms with Crippen molar-refractivity contribution in [3.8, 4) is 5.75 Å². The number of alkyl halides is 3. The van der Waals surface area contributed by atoms with E-state index >= 15 is 0 Å². The molecule has 4 nitrogen and oxygen atoms in total. The summed E-state index contributed by atoms with van der Waals surface area (Å²) in [7, 11) is 0. The van der Waals surface area contributed by atoms with Gasteiger partial charge in [0.05, 0.1) is 7.97 Å². The van der Waals surface area contributed by atoms with Crippen LogP contribution in [0.15, 0.2) is 16.9 Å². The number of aromatic nitrogens is 2. The Hall–Kier alpha value is 0.0900. The van der Waals surface area contributed by atoms with Crippen molar-refractivity contribution in [1.82, 2.24) is 9.97 Å². The van der Waals surface area contributed by atoms with Gasteiger partial charge in [-0.25, -0.2) is 0 Å². The molecule has 2 aromatic heterocycles. The Kier molecular flexibility index (Phi) is 14.0. The van der Waals surface area contributed by atoms with Crippen LogP contribution in [0, 0.1) is 41.5 Å². The standard InChI is InChI=1S/C9H13N.C7H9NO2.CH2I2.CH4I/c1-6-5-7(2)10-9(4)8(6)3;1-4-3-6(9)5(2)7(10)8-4;2-1-3;1-2/h5H,1-4H3;3H,1-2H3,(H2,8,9,10);1H2;2H,1H3/q;;;-1/i;;1D;2D. The van der Waals surface area contributed by atoms with Gasteiger partial charge in [-0.15, -0.1) is 0 Å². The van der Waals surface area contributed by atoms with Crippen LogP contribution in [0.5, 0.6) is 5.75 Å². The van der Waals surface area contributed by atoms with Crippen LogP contribution in [0.1, 0.15) is 35.1 Å². The zero-order valence-electron chi connectivity index (χ0n) is 17.7. The summed E-state index contributed by atoms with van der Waals surface area (Å²) in [5.41, 5.74) is 5.73. The van der Waals surface area contributed by atoms with Crippen LogP contribution in [0.2, 0.25) is 0 Å². The molecule has 0 unspecified atom stereocenters. The van der Waals surface area contributed by atoms with Gasteiger partial charge in [-0.05, 0) is 64.8 Å². The summed E-state index contributed by atoms with van der Waals surface area (Å²) in [6, 6.07) is 3.64. The predicted molar refractivity (Wildman–Crippen MR) is 122 cm³/mol. The maximum atomic E-state index is 10.8. The molecule has 0 amide bonds. The Morgan fingerprint density at radius 1 is 1.20 bits per heavy atom. The zero-order valence-corrected chi connectivity index (χ0v) is 22.1. The van der Waals surface area contributed by atoms with Crippen LogP contribution in [-0.4, -0.2) is 23.0 Å². The SMILES string of the molecule is Cc1cc(C)c(C)c(C)n1.Cc1cc(O)c(C)c(=O)[nH]1.[2H]C(I)I.[2H][I-]C. The van der Waals surface area contributed by atoms with Crippen LogP contribution in [0.3, 0.4) is 0 Å². The number of halogens is 3. The fourth-order valence-electron chi connectivity index (χ4n) is 1.83. The molecule has 2 heterocycles. The van der Waals surface area contributed by atoms with Gasteiger partial charge in [0.1, 0.15) is 5.75 Å². The van der Waals surface area contributed by atoms with E-state index in [0.29, 0.717) is 11.3 Å². The second-order valence-electron chi connectivity index (χ2n) is 5.17. The molecule has 0 radical (unpaired) electrons. The van der Waals surface area contributed by atoms with Gasteiger partial charge in [0, 0.05) is 18.5 Å². The first-order valence-corrected chi connectivity index (χ1v) is 12.0. The molecular weight excluding hydrogens is 657 g/mol. The number of H-pyrrole nitrogens is 1. The molecule has 25 heavy (non-hydrogen) atoms. The van der Waals surface area contributed by atoms with Crippen molar-refractivity contribution in [2.75, 3.05) is 7.34 Å². The second-order valence-corrected chi connectivity index (χ2v) is 8.79. The third-order valence-corrected chi connectivity index (χ3v) is 3.29. The molecule has 0 atom stereocenters. The molecule has 0 saturated heterocycles. The summed E-state index contributed by atoms with van der Waals surface area (Å²) in [6.07, 6.45) is 0. The van der Waals surface area contributed by atoms with E-state index in [1.165, 1.54) is 17.2 Å². The molecule has 144 valence electrons. The minimum absolute atomic E-state index is 0.0233. The van der Waals surface area contributed by atoms with E-state index in [-0.39, 0.29) is 36.1 Å². The van der Waals surface area contributed by atoms with Crippen molar-refractivity contribution in [2.45, 2.75) is 41.5 Å². The molecule has 0 aromatic carbocycles. The molecular formula is C18H28I3N2O2-. The van der Waals surface area contributed by atoms with Gasteiger partial charge < -0.3 is 10.1 Å². The third-order valence-electron chi connectivity index (χ3n) is 3.29. The molecule has 0 aliphatic rings. The van der Waals surface area contributed by atoms with Crippen molar-refractivity contribution >= 4 is 45.2 Å². The fourth-order valence-corrected chi connectivity index (χ4v) is 1.83. The molecule has 2 rings (SSSR count). The van der Waals surface area contributed by atoms with Gasteiger partial charge in [0.15, 0.2) is 0 Å². The first kappa shape index (κ1) is 23.1. The van der Waals surface area contributed by atoms with E-state index in [4.69, 9.17) is 7.07 Å². The van der Waals surface area contributed by atoms with Crippen LogP contribution in [0.25, 0.3) is 0 Å². The minimum atomic E-state index is -0.225. The number of nitrogens with zero attached hydrogens (tertiary/aromatic N) is 1. The van der Waals surface area contributed by atoms with Crippen molar-refractivity contribution in [3.05, 3.63) is 56.3 Å². The van der Waals surface area contributed by atoms with E-state index in [0.717, 1.165) is 11.4 Å². The number of aromatic amines is 1. The van der Waals surface area contributed by atoms with Crippen LogP contribution in [0.4, 0.5) is 0 Å². The van der Waals surface area contributed by atoms with Crippen molar-refractivity contribution < 1.29 is 28.9 Å². The molecule has 0 fully saturated rings. The van der Waals surface area contributed by atoms with E-state index in [1.54, 1.807) is 13.8 Å². The summed E-state index contributed by atoms with van der Waals surface area (Å²) in [4.78, 5) is 19.6. The Balaban J connectivity index is 0. The first-order valence-electron chi connectivity index (χ1n) is 8.30. The normalized spacial score (nSPS) is 10.3. The third kappa shape index (κ3) is 11.4. The van der Waals surface area contributed by atoms with Crippen molar-refractivity contribution in [3.63, 3.8) is 0 Å². The number of aromatic hydroxyl groups is 1. The average molecular weight is 687 g/mol. The molecule has 2 N–H and O–H groups in total. The summed E-state index contributed by atoms with van der Waals surface area (Å²) in [5, 5.41) is 9.06. The molecule has 0 aliphatic heterocycles. The van der Waals surface area contributed by atoms with E-state index in [1.807, 2.05) is 57.0 Å². The summed E-state index contributed by atoms with van der Waals surface area (Å²) in [6.45, 7) is 11.6. The molecule has 7 heteroatoms. The Morgan fingerprint density at radius 3 is 2.08 bits per heavy atom. The Bertz CT molecular complexity index is 728. The van der Waals surface area contributed by atoms with Gasteiger partial charge in [-0.1, -0.05) is 45.2 Å². The average Bonchev–Trinajstić information content (AvgIpc) is 2.51. The number of pyridine rings is 2. The Morgan fingerprint density at radius 2 is 1.68 bits per heavy atom. The van der Waals surface area contributed by atoms with E-state index in [9.17, 15) is 4.79 Å². The number of rotatable bonds is 0. The summed E-state index contributed by atoms with van der Waals surface area (Å²) >= 11 is 3.83. The molecule has 0 spiro atoms. The topological polar surface area (TPSA) is 66.0 Å². The van der Waals surface area contributed by atoms with E-state index in [2.05, 4.69) is 36.8 Å². The molecule has 0 saturated carbocycles. The zero-order chi connectivity index (χ0) is 21.7. The van der Waals surface area contributed by atoms with Gasteiger partial charge in [-0.3, -0.25) is 9.78 Å². The number of aryl methyl sites for hydroxylation is 4. The molecule has 0 aliphatic carbocycles. The monoisotopic (exact) mass is 687 g/mol. The summed E-state index contributed by atoms with van der Waals surface area (Å²) < 4.78 is 12.9. The summed E-state index contributed by atoms with van der Waals surface area (Å²) in [5.74, 6) is 0.0567. The number of nitrogens with one attached hydrogen (secondary N) is 1. The van der Waals surface area contributed by atoms with Gasteiger partial charge in [0.25, 0.3) is 5.56 Å². The van der Waals surface area contributed by atoms with Crippen LogP contribution in [-0.2, 0) is 0 Å². The number of hydrogen-bond acceptors (Lipinski definition) is 3. The van der Waals surface area contributed by atoms with Gasteiger partial charge in [-0.2, -0.15) is 0 Å². The van der Waals surface area contributed by atoms with Crippen LogP contribution < -0.4 is 28.0 Å². The van der Waals surface area contributed by atoms with Crippen molar-refractivity contribution in [1.29, 1.82) is 0.594 Å². The second kappa shape index (κ2) is 15.2. The van der Waals surface area contributed by atoms with Crippen molar-refractivity contribution in [2.24, 2.45) is 0 Å². The quantitative estimate of drug-likeness (QED) is 0.328. The predicted octanol–water partition coefficient (Wildman–Crippen LogP) is 1.73. The fraction of sp³-hybridized carbons (Fsp3) is 0.444. The Labute approximate surface area is 193 Å². The van der Waals surface area contributed by atoms with E-state index < -0.39 is 0 Å². The van der Waals surface area contributed by atoms with Gasteiger partial charge in [0.2, 0.25) is 0 Å². The maximum absolute atomic E-state index is 10.8. The molecule has 0 bridgehead atoms. The van der Waals surface area contributed by atoms with Gasteiger partial charge >= 0.3 is 27.9 Å². The molecule has 2 aromatic rings. The first-order chi connectivity index (χ1) is 12.4. The van der Waals surface area contributed by atoms with Crippen LogP contribution >= 0.6 is 45.2 Å².